The molecule has 0 radical (unpaired) electrons. The molecule has 1 saturated heterocycles. The second-order valence-electron chi connectivity index (χ2n) is 5.62. The summed E-state index contributed by atoms with van der Waals surface area (Å²) in [7, 11) is 0. The van der Waals surface area contributed by atoms with Crippen molar-refractivity contribution >= 4 is 34.9 Å². The molecule has 1 aliphatic heterocycles. The molecule has 3 rings (SSSR count). The van der Waals surface area contributed by atoms with Crippen LogP contribution < -0.4 is 5.32 Å². The van der Waals surface area contributed by atoms with Crippen LogP contribution in [0.15, 0.2) is 41.0 Å². The van der Waals surface area contributed by atoms with Crippen LogP contribution in [0.5, 0.6) is 0 Å². The fourth-order valence-corrected chi connectivity index (χ4v) is 3.14. The molecule has 2 aromatic rings. The van der Waals surface area contributed by atoms with Gasteiger partial charge >= 0.3 is 6.03 Å². The second-order valence-corrected chi connectivity index (χ2v) is 6.44. The van der Waals surface area contributed by atoms with Crippen molar-refractivity contribution in [3.63, 3.8) is 0 Å². The number of nitrogens with one attached hydrogen (secondary N) is 1. The molecule has 2 amide bonds. The minimum absolute atomic E-state index is 0.0347. The molecule has 5 nitrogen and oxygen atoms in total. The molecule has 1 fully saturated rings. The van der Waals surface area contributed by atoms with Crippen LogP contribution in [0.1, 0.15) is 18.6 Å². The van der Waals surface area contributed by atoms with Crippen molar-refractivity contribution in [3.05, 3.63) is 52.4 Å². The van der Waals surface area contributed by atoms with Gasteiger partial charge < -0.3 is 19.4 Å². The van der Waals surface area contributed by atoms with E-state index in [1.165, 1.54) is 0 Å². The van der Waals surface area contributed by atoms with Crippen molar-refractivity contribution in [2.24, 2.45) is 0 Å². The molecule has 1 aliphatic rings. The lowest BCUT2D eigenvalue weighted by Crippen LogP contribution is -2.39. The number of benzene rings is 1. The summed E-state index contributed by atoms with van der Waals surface area (Å²) in [5.41, 5.74) is 0.405. The first-order valence-corrected chi connectivity index (χ1v) is 8.53. The van der Waals surface area contributed by atoms with Gasteiger partial charge in [0.05, 0.1) is 34.6 Å². The van der Waals surface area contributed by atoms with E-state index in [0.717, 1.165) is 19.4 Å². The maximum Gasteiger partial charge on any atom is 0.322 e. The van der Waals surface area contributed by atoms with E-state index in [1.807, 2.05) is 6.07 Å². The van der Waals surface area contributed by atoms with E-state index in [9.17, 15) is 4.79 Å². The summed E-state index contributed by atoms with van der Waals surface area (Å²) in [6.45, 7) is 1.56. The summed E-state index contributed by atoms with van der Waals surface area (Å²) in [5.74, 6) is 0.702. The third kappa shape index (κ3) is 4.23. The zero-order chi connectivity index (χ0) is 16.9. The Bertz CT molecular complexity index is 665. The quantitative estimate of drug-likeness (QED) is 0.824. The Hall–Kier alpha value is -1.69. The van der Waals surface area contributed by atoms with Gasteiger partial charge in [-0.3, -0.25) is 0 Å². The summed E-state index contributed by atoms with van der Waals surface area (Å²) in [5, 5.41) is 3.58. The molecule has 0 saturated carbocycles. The van der Waals surface area contributed by atoms with Crippen LogP contribution in [0.3, 0.4) is 0 Å². The molecule has 2 heterocycles. The Labute approximate surface area is 150 Å². The first kappa shape index (κ1) is 17.1. The minimum Gasteiger partial charge on any atom is -0.467 e. The monoisotopic (exact) mass is 368 g/mol. The standard InChI is InChI=1S/C17H18Cl2N2O3/c18-14-6-1-7-15(19)16(14)20-17(22)21(10-12-4-2-8-23-12)11-13-5-3-9-24-13/h1-2,4,6-8,13H,3,5,9-11H2,(H,20,22)/t13-/m1/s1. The number of urea groups is 1. The maximum atomic E-state index is 12.7. The fourth-order valence-electron chi connectivity index (χ4n) is 2.65. The SMILES string of the molecule is O=C(Nc1c(Cl)cccc1Cl)N(Cc1ccco1)C[C@H]1CCCO1. The van der Waals surface area contributed by atoms with Crippen molar-refractivity contribution in [2.75, 3.05) is 18.5 Å². The minimum atomic E-state index is -0.295. The van der Waals surface area contributed by atoms with Crippen LogP contribution in [0.25, 0.3) is 0 Å². The van der Waals surface area contributed by atoms with Crippen LogP contribution >= 0.6 is 23.2 Å². The molecule has 0 bridgehead atoms. The number of carbonyl (C=O) groups excluding carboxylic acids is 1. The number of halogens is 2. The Morgan fingerprint density at radius 3 is 2.67 bits per heavy atom. The predicted molar refractivity (Wildman–Crippen MR) is 93.6 cm³/mol. The Morgan fingerprint density at radius 2 is 2.04 bits per heavy atom. The molecule has 128 valence electrons. The van der Waals surface area contributed by atoms with Crippen molar-refractivity contribution in [1.82, 2.24) is 4.90 Å². The molecule has 0 spiro atoms. The van der Waals surface area contributed by atoms with E-state index < -0.39 is 0 Å². The Morgan fingerprint density at radius 1 is 1.25 bits per heavy atom. The van der Waals surface area contributed by atoms with Crippen molar-refractivity contribution in [3.8, 4) is 0 Å². The van der Waals surface area contributed by atoms with E-state index in [2.05, 4.69) is 5.32 Å². The van der Waals surface area contributed by atoms with Gasteiger partial charge in [-0.2, -0.15) is 0 Å². The molecule has 1 aromatic heterocycles. The second kappa shape index (κ2) is 7.92. The number of carbonyl (C=O) groups is 1. The zero-order valence-electron chi connectivity index (χ0n) is 13.0. The highest BCUT2D eigenvalue weighted by Gasteiger charge is 2.24. The highest BCUT2D eigenvalue weighted by molar-refractivity contribution is 6.39. The number of anilines is 1. The smallest absolute Gasteiger partial charge is 0.322 e. The van der Waals surface area contributed by atoms with E-state index >= 15 is 0 Å². The highest BCUT2D eigenvalue weighted by Crippen LogP contribution is 2.30. The van der Waals surface area contributed by atoms with Gasteiger partial charge in [-0.1, -0.05) is 29.3 Å². The van der Waals surface area contributed by atoms with Gasteiger partial charge in [0, 0.05) is 13.2 Å². The van der Waals surface area contributed by atoms with Gasteiger partial charge in [0.15, 0.2) is 0 Å². The number of amides is 2. The topological polar surface area (TPSA) is 54.7 Å². The highest BCUT2D eigenvalue weighted by atomic mass is 35.5. The number of ether oxygens (including phenoxy) is 1. The van der Waals surface area contributed by atoms with Crippen molar-refractivity contribution in [1.29, 1.82) is 0 Å². The van der Waals surface area contributed by atoms with E-state index in [1.54, 1.807) is 35.4 Å². The van der Waals surface area contributed by atoms with E-state index in [0.29, 0.717) is 34.6 Å². The number of para-hydroxylation sites is 1. The first-order valence-electron chi connectivity index (χ1n) is 7.77. The van der Waals surface area contributed by atoms with Crippen molar-refractivity contribution in [2.45, 2.75) is 25.5 Å². The van der Waals surface area contributed by atoms with E-state index in [-0.39, 0.29) is 12.1 Å². The normalized spacial score (nSPS) is 17.0. The summed E-state index contributed by atoms with van der Waals surface area (Å²) < 4.78 is 11.0. The summed E-state index contributed by atoms with van der Waals surface area (Å²) in [6.07, 6.45) is 3.57. The molecular formula is C17H18Cl2N2O3. The summed E-state index contributed by atoms with van der Waals surface area (Å²) in [6, 6.07) is 8.42. The third-order valence-corrected chi connectivity index (χ3v) is 4.49. The van der Waals surface area contributed by atoms with Crippen LogP contribution in [0, 0.1) is 0 Å². The molecular weight excluding hydrogens is 351 g/mol. The number of furan rings is 1. The first-order chi connectivity index (χ1) is 11.6. The third-order valence-electron chi connectivity index (χ3n) is 3.86. The van der Waals surface area contributed by atoms with Crippen LogP contribution in [0.2, 0.25) is 10.0 Å². The number of hydrogen-bond acceptors (Lipinski definition) is 3. The van der Waals surface area contributed by atoms with Crippen molar-refractivity contribution < 1.29 is 13.9 Å². The predicted octanol–water partition coefficient (Wildman–Crippen LogP) is 4.80. The van der Waals surface area contributed by atoms with Gasteiger partial charge in [-0.05, 0) is 37.1 Å². The molecule has 0 aliphatic carbocycles. The molecule has 1 N–H and O–H groups in total. The molecule has 1 aromatic carbocycles. The zero-order valence-corrected chi connectivity index (χ0v) is 14.5. The van der Waals surface area contributed by atoms with Gasteiger partial charge in [0.25, 0.3) is 0 Å². The number of nitrogens with zero attached hydrogens (tertiary/aromatic N) is 1. The Balaban J connectivity index is 1.74. The fraction of sp³-hybridized carbons (Fsp3) is 0.353. The maximum absolute atomic E-state index is 12.7. The van der Waals surface area contributed by atoms with Gasteiger partial charge in [0.2, 0.25) is 0 Å². The summed E-state index contributed by atoms with van der Waals surface area (Å²) in [4.78, 5) is 14.4. The largest absolute Gasteiger partial charge is 0.467 e. The average molecular weight is 369 g/mol. The van der Waals surface area contributed by atoms with Gasteiger partial charge in [0.1, 0.15) is 5.76 Å². The number of rotatable bonds is 5. The van der Waals surface area contributed by atoms with Gasteiger partial charge in [-0.25, -0.2) is 4.79 Å². The molecule has 7 heteroatoms. The Kier molecular flexibility index (Phi) is 5.66. The lowest BCUT2D eigenvalue weighted by atomic mass is 10.2. The van der Waals surface area contributed by atoms with Gasteiger partial charge in [-0.15, -0.1) is 0 Å². The van der Waals surface area contributed by atoms with E-state index in [4.69, 9.17) is 32.4 Å². The summed E-state index contributed by atoms with van der Waals surface area (Å²) >= 11 is 12.3. The lowest BCUT2D eigenvalue weighted by molar-refractivity contribution is 0.0803. The van der Waals surface area contributed by atoms with Crippen LogP contribution in [-0.2, 0) is 11.3 Å². The number of hydrogen-bond donors (Lipinski definition) is 1. The van der Waals surface area contributed by atoms with Crippen LogP contribution in [0.4, 0.5) is 10.5 Å². The molecule has 1 atom stereocenters. The lowest BCUT2D eigenvalue weighted by Gasteiger charge is -2.25. The molecule has 24 heavy (non-hydrogen) atoms. The molecule has 0 unspecified atom stereocenters. The average Bonchev–Trinajstić information content (AvgIpc) is 3.24. The van der Waals surface area contributed by atoms with Crippen LogP contribution in [-0.4, -0.2) is 30.2 Å².